The summed E-state index contributed by atoms with van der Waals surface area (Å²) in [5.41, 5.74) is 7.23. The second kappa shape index (κ2) is 4.87. The molecule has 1 aliphatic rings. The molecular weight excluding hydrogens is 184 g/mol. The molecule has 0 aromatic carbocycles. The Balaban J connectivity index is 2.85. The van der Waals surface area contributed by atoms with Crippen LogP contribution in [0.3, 0.4) is 0 Å². The molecule has 0 atom stereocenters. The van der Waals surface area contributed by atoms with Crippen LogP contribution in [0.1, 0.15) is 19.8 Å². The molecule has 0 aromatic heterocycles. The molecule has 2 nitrogen and oxygen atoms in total. The van der Waals surface area contributed by atoms with Crippen molar-refractivity contribution in [2.75, 3.05) is 0 Å². The summed E-state index contributed by atoms with van der Waals surface area (Å²) in [6.45, 7) is 1.92. The third kappa shape index (κ3) is 3.07. The number of hydrogen-bond acceptors (Lipinski definition) is 1. The van der Waals surface area contributed by atoms with Gasteiger partial charge < -0.3 is 5.73 Å². The Morgan fingerprint density at radius 3 is 2.85 bits per heavy atom. The molecule has 0 amide bonds. The smallest absolute Gasteiger partial charge is 0.193 e. The van der Waals surface area contributed by atoms with Gasteiger partial charge >= 0.3 is 0 Å². The fourth-order valence-corrected chi connectivity index (χ4v) is 1.31. The molecule has 3 heteroatoms. The van der Waals surface area contributed by atoms with Crippen molar-refractivity contribution >= 4 is 16.9 Å². The van der Waals surface area contributed by atoms with E-state index in [1.807, 2.05) is 19.1 Å². The van der Waals surface area contributed by atoms with Crippen LogP contribution in [0.5, 0.6) is 0 Å². The summed E-state index contributed by atoms with van der Waals surface area (Å²) in [5.74, 6) is 0. The maximum atomic E-state index is 5.51. The van der Waals surface area contributed by atoms with Gasteiger partial charge in [0.05, 0.1) is 5.70 Å². The van der Waals surface area contributed by atoms with Crippen molar-refractivity contribution < 1.29 is 0 Å². The van der Waals surface area contributed by atoms with Crippen molar-refractivity contribution in [3.05, 3.63) is 35.6 Å². The van der Waals surface area contributed by atoms with Gasteiger partial charge in [-0.2, -0.15) is 0 Å². The number of hydrogen-bond donors (Lipinski definition) is 1. The van der Waals surface area contributed by atoms with E-state index < -0.39 is 0 Å². The van der Waals surface area contributed by atoms with Gasteiger partial charge in [-0.25, -0.2) is 4.99 Å². The molecule has 1 rings (SSSR count). The van der Waals surface area contributed by atoms with Crippen LogP contribution in [0.25, 0.3) is 0 Å². The van der Waals surface area contributed by atoms with Crippen molar-refractivity contribution in [2.45, 2.75) is 19.8 Å². The Morgan fingerprint density at radius 1 is 1.62 bits per heavy atom. The summed E-state index contributed by atoms with van der Waals surface area (Å²) in [6, 6.07) is 0. The van der Waals surface area contributed by atoms with E-state index >= 15 is 0 Å². The summed E-state index contributed by atoms with van der Waals surface area (Å²) in [5, 5.41) is 0.0768. The minimum atomic E-state index is 0.0768. The zero-order chi connectivity index (χ0) is 9.68. The average Bonchev–Trinajstić information content (AvgIpc) is 2.15. The van der Waals surface area contributed by atoms with Crippen molar-refractivity contribution in [3.63, 3.8) is 0 Å². The lowest BCUT2D eigenvalue weighted by Gasteiger charge is -2.06. The van der Waals surface area contributed by atoms with Crippen LogP contribution in [-0.4, -0.2) is 5.29 Å². The number of rotatable bonds is 2. The van der Waals surface area contributed by atoms with Crippen molar-refractivity contribution in [1.29, 1.82) is 0 Å². The predicted octanol–water partition coefficient (Wildman–Crippen LogP) is 2.72. The molecule has 1 aliphatic carbocycles. The molecule has 0 saturated carbocycles. The fourth-order valence-electron chi connectivity index (χ4n) is 1.21. The maximum Gasteiger partial charge on any atom is 0.193 e. The Morgan fingerprint density at radius 2 is 2.38 bits per heavy atom. The summed E-state index contributed by atoms with van der Waals surface area (Å²) in [7, 11) is 0. The van der Waals surface area contributed by atoms with E-state index in [0.29, 0.717) is 0 Å². The SMILES string of the molecule is C/C=C(\N=C(N)Cl)C1=CCCC=C1. The number of halogens is 1. The third-order valence-electron chi connectivity index (χ3n) is 1.79. The average molecular weight is 197 g/mol. The van der Waals surface area contributed by atoms with E-state index in [1.54, 1.807) is 0 Å². The summed E-state index contributed by atoms with van der Waals surface area (Å²) >= 11 is 5.51. The van der Waals surface area contributed by atoms with Crippen LogP contribution < -0.4 is 5.73 Å². The maximum absolute atomic E-state index is 5.51. The van der Waals surface area contributed by atoms with Gasteiger partial charge in [0.2, 0.25) is 0 Å². The van der Waals surface area contributed by atoms with Crippen LogP contribution in [0.2, 0.25) is 0 Å². The quantitative estimate of drug-likeness (QED) is 0.412. The largest absolute Gasteiger partial charge is 0.374 e. The minimum absolute atomic E-state index is 0.0768. The molecule has 70 valence electrons. The Hall–Kier alpha value is -1.02. The highest BCUT2D eigenvalue weighted by Crippen LogP contribution is 2.19. The van der Waals surface area contributed by atoms with Gasteiger partial charge in [-0.3, -0.25) is 0 Å². The molecule has 13 heavy (non-hydrogen) atoms. The molecule has 0 saturated heterocycles. The highest BCUT2D eigenvalue weighted by molar-refractivity contribution is 6.64. The molecule has 0 unspecified atom stereocenters. The van der Waals surface area contributed by atoms with Crippen LogP contribution >= 0.6 is 11.6 Å². The first-order valence-electron chi connectivity index (χ1n) is 4.27. The number of aliphatic imine (C=N–C) groups is 1. The van der Waals surface area contributed by atoms with Gasteiger partial charge in [0.15, 0.2) is 5.29 Å². The molecular formula is C10H13ClN2. The monoisotopic (exact) mass is 196 g/mol. The lowest BCUT2D eigenvalue weighted by atomic mass is 10.0. The normalized spacial score (nSPS) is 18.8. The van der Waals surface area contributed by atoms with Gasteiger partial charge in [-0.05, 0) is 36.9 Å². The van der Waals surface area contributed by atoms with Crippen LogP contribution in [0.15, 0.2) is 40.6 Å². The zero-order valence-electron chi connectivity index (χ0n) is 7.63. The highest BCUT2D eigenvalue weighted by Gasteiger charge is 2.02. The summed E-state index contributed by atoms with van der Waals surface area (Å²) < 4.78 is 0. The molecule has 0 heterocycles. The van der Waals surface area contributed by atoms with Crippen molar-refractivity contribution in [3.8, 4) is 0 Å². The third-order valence-corrected chi connectivity index (χ3v) is 1.88. The van der Waals surface area contributed by atoms with Gasteiger partial charge in [0.25, 0.3) is 0 Å². The highest BCUT2D eigenvalue weighted by atomic mass is 35.5. The Kier molecular flexibility index (Phi) is 3.77. The lowest BCUT2D eigenvalue weighted by molar-refractivity contribution is 1.02. The molecule has 0 aromatic rings. The molecule has 0 aliphatic heterocycles. The van der Waals surface area contributed by atoms with Gasteiger partial charge in [-0.1, -0.05) is 24.3 Å². The van der Waals surface area contributed by atoms with Gasteiger partial charge in [-0.15, -0.1) is 0 Å². The van der Waals surface area contributed by atoms with Crippen LogP contribution in [0.4, 0.5) is 0 Å². The minimum Gasteiger partial charge on any atom is -0.374 e. The predicted molar refractivity (Wildman–Crippen MR) is 57.7 cm³/mol. The van der Waals surface area contributed by atoms with E-state index in [9.17, 15) is 0 Å². The van der Waals surface area contributed by atoms with Crippen molar-refractivity contribution in [1.82, 2.24) is 0 Å². The van der Waals surface area contributed by atoms with E-state index in [2.05, 4.69) is 17.1 Å². The molecule has 0 bridgehead atoms. The van der Waals surface area contributed by atoms with Gasteiger partial charge in [0.1, 0.15) is 0 Å². The number of nitrogens with two attached hydrogens (primary N) is 1. The summed E-state index contributed by atoms with van der Waals surface area (Å²) in [6.07, 6.45) is 10.4. The van der Waals surface area contributed by atoms with E-state index in [1.165, 1.54) is 0 Å². The number of allylic oxidation sites excluding steroid dienone is 4. The number of nitrogens with zero attached hydrogens (tertiary/aromatic N) is 1. The first-order chi connectivity index (χ1) is 6.24. The molecule has 2 N–H and O–H groups in total. The Bertz CT molecular complexity index is 294. The molecule has 0 fully saturated rings. The molecule has 0 spiro atoms. The van der Waals surface area contributed by atoms with E-state index in [0.717, 1.165) is 24.1 Å². The Labute approximate surface area is 83.5 Å². The first-order valence-corrected chi connectivity index (χ1v) is 4.65. The zero-order valence-corrected chi connectivity index (χ0v) is 8.38. The van der Waals surface area contributed by atoms with Gasteiger partial charge in [0, 0.05) is 0 Å². The topological polar surface area (TPSA) is 38.4 Å². The standard InChI is InChI=1S/C10H13ClN2/c1-2-9(13-10(11)12)8-6-4-3-5-7-8/h2,4,6-7H,3,5H2,1H3,(H2,12,13)/b9-2-. The van der Waals surface area contributed by atoms with Crippen LogP contribution in [-0.2, 0) is 0 Å². The van der Waals surface area contributed by atoms with Crippen molar-refractivity contribution in [2.24, 2.45) is 10.7 Å². The van der Waals surface area contributed by atoms with E-state index in [4.69, 9.17) is 17.3 Å². The summed E-state index contributed by atoms with van der Waals surface area (Å²) in [4.78, 5) is 4.02. The van der Waals surface area contributed by atoms with Crippen LogP contribution in [0, 0.1) is 0 Å². The lowest BCUT2D eigenvalue weighted by Crippen LogP contribution is -2.02. The molecule has 0 radical (unpaired) electrons. The van der Waals surface area contributed by atoms with E-state index in [-0.39, 0.29) is 5.29 Å². The number of amidine groups is 1. The fraction of sp³-hybridized carbons (Fsp3) is 0.300. The second-order valence-corrected chi connectivity index (χ2v) is 3.13. The first kappa shape index (κ1) is 10.1. The second-order valence-electron chi connectivity index (χ2n) is 2.75.